The molecule has 134 valence electrons. The van der Waals surface area contributed by atoms with Gasteiger partial charge in [-0.2, -0.15) is 5.26 Å². The summed E-state index contributed by atoms with van der Waals surface area (Å²) in [4.78, 5) is 27.3. The van der Waals surface area contributed by atoms with Gasteiger partial charge in [0.05, 0.1) is 18.3 Å². The number of aryl methyl sites for hydroxylation is 1. The molecular weight excluding hydrogens is 322 g/mol. The van der Waals surface area contributed by atoms with Gasteiger partial charge >= 0.3 is 5.97 Å². The number of rotatable bonds is 6. The lowest BCUT2D eigenvalue weighted by Gasteiger charge is -2.10. The Hall–Kier alpha value is -2.59. The second-order valence-corrected chi connectivity index (χ2v) is 5.90. The van der Waals surface area contributed by atoms with Crippen molar-refractivity contribution in [2.75, 3.05) is 19.8 Å². The summed E-state index contributed by atoms with van der Waals surface area (Å²) in [6, 6.07) is 1.91. The number of aromatic nitrogens is 1. The molecule has 0 unspecified atom stereocenters. The first-order valence-electron chi connectivity index (χ1n) is 8.35. The standard InChI is InChI=1S/C18H23N3O4/c1-4-24-18(23)16-11(2)15(21-12(16)3)8-13(9-19)17(22)20-10-14-6-5-7-25-14/h8,14,21H,4-7,10H2,1-3H3,(H,20,22)/b13-8+/t14-/m1/s1. The number of nitrogens with zero attached hydrogens (tertiary/aromatic N) is 1. The minimum atomic E-state index is -0.456. The van der Waals surface area contributed by atoms with Crippen LogP contribution in [0.2, 0.25) is 0 Å². The van der Waals surface area contributed by atoms with Crippen LogP contribution in [0, 0.1) is 25.2 Å². The summed E-state index contributed by atoms with van der Waals surface area (Å²) in [5.41, 5.74) is 2.24. The van der Waals surface area contributed by atoms with Gasteiger partial charge in [0.2, 0.25) is 0 Å². The summed E-state index contributed by atoms with van der Waals surface area (Å²) in [6.45, 7) is 6.61. The van der Waals surface area contributed by atoms with Crippen LogP contribution in [0.15, 0.2) is 5.57 Å². The van der Waals surface area contributed by atoms with Gasteiger partial charge < -0.3 is 19.8 Å². The van der Waals surface area contributed by atoms with Crippen molar-refractivity contribution in [3.05, 3.63) is 28.1 Å². The Labute approximate surface area is 147 Å². The number of amides is 1. The minimum absolute atomic E-state index is 0.00813. The molecule has 25 heavy (non-hydrogen) atoms. The highest BCUT2D eigenvalue weighted by atomic mass is 16.5. The van der Waals surface area contributed by atoms with Gasteiger partial charge in [0.25, 0.3) is 5.91 Å². The minimum Gasteiger partial charge on any atom is -0.462 e. The van der Waals surface area contributed by atoms with E-state index >= 15 is 0 Å². The molecule has 2 rings (SSSR count). The molecule has 7 heteroatoms. The lowest BCUT2D eigenvalue weighted by Crippen LogP contribution is -2.32. The van der Waals surface area contributed by atoms with Crippen LogP contribution < -0.4 is 5.32 Å². The molecule has 1 atom stereocenters. The van der Waals surface area contributed by atoms with E-state index in [1.54, 1.807) is 20.8 Å². The first kappa shape index (κ1) is 18.7. The first-order valence-corrected chi connectivity index (χ1v) is 8.35. The maximum atomic E-state index is 12.2. The molecule has 2 N–H and O–H groups in total. The van der Waals surface area contributed by atoms with E-state index in [1.165, 1.54) is 6.08 Å². The monoisotopic (exact) mass is 345 g/mol. The number of carbonyl (C=O) groups excluding carboxylic acids is 2. The van der Waals surface area contributed by atoms with E-state index in [9.17, 15) is 14.9 Å². The third kappa shape index (κ3) is 4.48. The molecule has 0 spiro atoms. The van der Waals surface area contributed by atoms with Crippen molar-refractivity contribution in [2.45, 2.75) is 39.7 Å². The fraction of sp³-hybridized carbons (Fsp3) is 0.500. The summed E-state index contributed by atoms with van der Waals surface area (Å²) < 4.78 is 10.5. The molecule has 1 aromatic heterocycles. The van der Waals surface area contributed by atoms with Gasteiger partial charge in [-0.15, -0.1) is 0 Å². The molecule has 0 bridgehead atoms. The third-order valence-electron chi connectivity index (χ3n) is 4.12. The molecule has 2 heterocycles. The average Bonchev–Trinajstić information content (AvgIpc) is 3.18. The Bertz CT molecular complexity index is 721. The average molecular weight is 345 g/mol. The Morgan fingerprint density at radius 3 is 2.84 bits per heavy atom. The lowest BCUT2D eigenvalue weighted by atomic mass is 10.1. The fourth-order valence-electron chi connectivity index (χ4n) is 2.83. The van der Waals surface area contributed by atoms with Crippen LogP contribution in [-0.4, -0.2) is 42.7 Å². The molecule has 7 nitrogen and oxygen atoms in total. The summed E-state index contributed by atoms with van der Waals surface area (Å²) in [5.74, 6) is -0.878. The number of hydrogen-bond acceptors (Lipinski definition) is 5. The fourth-order valence-corrected chi connectivity index (χ4v) is 2.83. The zero-order chi connectivity index (χ0) is 18.4. The van der Waals surface area contributed by atoms with Gasteiger partial charge in [-0.3, -0.25) is 4.79 Å². The number of carbonyl (C=O) groups is 2. The second kappa shape index (κ2) is 8.49. The van der Waals surface area contributed by atoms with Gasteiger partial charge in [0.15, 0.2) is 0 Å². The maximum absolute atomic E-state index is 12.2. The quantitative estimate of drug-likeness (QED) is 0.466. The molecule has 0 saturated carbocycles. The van der Waals surface area contributed by atoms with Gasteiger partial charge in [0.1, 0.15) is 11.6 Å². The molecule has 1 saturated heterocycles. The summed E-state index contributed by atoms with van der Waals surface area (Å²) in [6.07, 6.45) is 3.35. The van der Waals surface area contributed by atoms with Crippen molar-refractivity contribution in [1.82, 2.24) is 10.3 Å². The van der Waals surface area contributed by atoms with Crippen molar-refractivity contribution in [1.29, 1.82) is 5.26 Å². The predicted octanol–water partition coefficient (Wildman–Crippen LogP) is 2.01. The van der Waals surface area contributed by atoms with Crippen LogP contribution in [0.4, 0.5) is 0 Å². The number of H-pyrrole nitrogens is 1. The zero-order valence-electron chi connectivity index (χ0n) is 14.8. The molecule has 0 aromatic carbocycles. The predicted molar refractivity (Wildman–Crippen MR) is 91.8 cm³/mol. The van der Waals surface area contributed by atoms with Crippen molar-refractivity contribution in [3.8, 4) is 6.07 Å². The number of esters is 1. The molecule has 1 aliphatic rings. The van der Waals surface area contributed by atoms with Crippen LogP contribution in [-0.2, 0) is 14.3 Å². The molecule has 1 fully saturated rings. The normalized spacial score (nSPS) is 17.2. The van der Waals surface area contributed by atoms with Crippen LogP contribution >= 0.6 is 0 Å². The van der Waals surface area contributed by atoms with E-state index in [-0.39, 0.29) is 18.3 Å². The topological polar surface area (TPSA) is 104 Å². The highest BCUT2D eigenvalue weighted by molar-refractivity contribution is 6.02. The number of nitriles is 1. The second-order valence-electron chi connectivity index (χ2n) is 5.90. The maximum Gasteiger partial charge on any atom is 0.340 e. The molecule has 0 radical (unpaired) electrons. The first-order chi connectivity index (χ1) is 12.0. The Morgan fingerprint density at radius 1 is 1.48 bits per heavy atom. The van der Waals surface area contributed by atoms with Gasteiger partial charge in [-0.25, -0.2) is 4.79 Å². The summed E-state index contributed by atoms with van der Waals surface area (Å²) >= 11 is 0. The summed E-state index contributed by atoms with van der Waals surface area (Å²) in [7, 11) is 0. The van der Waals surface area contributed by atoms with Crippen LogP contribution in [0.5, 0.6) is 0 Å². The third-order valence-corrected chi connectivity index (χ3v) is 4.12. The highest BCUT2D eigenvalue weighted by Gasteiger charge is 2.21. The van der Waals surface area contributed by atoms with Crippen LogP contribution in [0.1, 0.15) is 47.1 Å². The Morgan fingerprint density at radius 2 is 2.24 bits per heavy atom. The molecular formula is C18H23N3O4. The van der Waals surface area contributed by atoms with E-state index in [4.69, 9.17) is 9.47 Å². The number of nitrogens with one attached hydrogen (secondary N) is 2. The molecule has 1 amide bonds. The van der Waals surface area contributed by atoms with Crippen LogP contribution in [0.3, 0.4) is 0 Å². The van der Waals surface area contributed by atoms with Crippen LogP contribution in [0.25, 0.3) is 6.08 Å². The smallest absolute Gasteiger partial charge is 0.340 e. The lowest BCUT2D eigenvalue weighted by molar-refractivity contribution is -0.117. The van der Waals surface area contributed by atoms with Gasteiger partial charge in [-0.1, -0.05) is 0 Å². The van der Waals surface area contributed by atoms with E-state index in [1.807, 2.05) is 6.07 Å². The van der Waals surface area contributed by atoms with Crippen molar-refractivity contribution >= 4 is 18.0 Å². The highest BCUT2D eigenvalue weighted by Crippen LogP contribution is 2.21. The van der Waals surface area contributed by atoms with Crippen molar-refractivity contribution in [2.24, 2.45) is 0 Å². The van der Waals surface area contributed by atoms with Crippen molar-refractivity contribution in [3.63, 3.8) is 0 Å². The number of ether oxygens (including phenoxy) is 2. The van der Waals surface area contributed by atoms with E-state index in [0.717, 1.165) is 12.8 Å². The Kier molecular flexibility index (Phi) is 6.37. The van der Waals surface area contributed by atoms with E-state index in [0.29, 0.717) is 35.7 Å². The van der Waals surface area contributed by atoms with Gasteiger partial charge in [0, 0.05) is 24.5 Å². The number of aromatic amines is 1. The van der Waals surface area contributed by atoms with Crippen molar-refractivity contribution < 1.29 is 19.1 Å². The summed E-state index contributed by atoms with van der Waals surface area (Å²) in [5, 5.41) is 12.0. The van der Waals surface area contributed by atoms with E-state index < -0.39 is 11.9 Å². The number of hydrogen-bond donors (Lipinski definition) is 2. The molecule has 1 aromatic rings. The molecule has 1 aliphatic heterocycles. The largest absolute Gasteiger partial charge is 0.462 e. The Balaban J connectivity index is 2.15. The zero-order valence-corrected chi connectivity index (χ0v) is 14.8. The SMILES string of the molecule is CCOC(=O)c1c(C)[nH]c(/C=C(\C#N)C(=O)NC[C@H]2CCCO2)c1C. The van der Waals surface area contributed by atoms with Gasteiger partial charge in [-0.05, 0) is 45.3 Å². The van der Waals surface area contributed by atoms with E-state index in [2.05, 4.69) is 10.3 Å². The molecule has 0 aliphatic carbocycles.